The third kappa shape index (κ3) is 2.79. The van der Waals surface area contributed by atoms with Crippen LogP contribution in [0.25, 0.3) is 0 Å². The molecule has 1 aliphatic rings. The van der Waals surface area contributed by atoms with Crippen LogP contribution in [0, 0.1) is 13.8 Å². The smallest absolute Gasteiger partial charge is 0.223 e. The number of amides is 1. The minimum Gasteiger partial charge on any atom is -0.389 e. The van der Waals surface area contributed by atoms with Gasteiger partial charge in [-0.25, -0.2) is 0 Å². The number of Topliss-reactive ketones (excluding diaryl/α,β-unsaturated/α-hetero) is 1. The van der Waals surface area contributed by atoms with Crippen LogP contribution in [-0.4, -0.2) is 40.9 Å². The van der Waals surface area contributed by atoms with Crippen molar-refractivity contribution in [3.63, 3.8) is 0 Å². The quantitative estimate of drug-likeness (QED) is 0.842. The summed E-state index contributed by atoms with van der Waals surface area (Å²) in [6.45, 7) is 4.72. The highest BCUT2D eigenvalue weighted by molar-refractivity contribution is 7.12. The number of ketones is 1. The summed E-state index contributed by atoms with van der Waals surface area (Å²) in [5.74, 6) is -0.00970. The van der Waals surface area contributed by atoms with E-state index in [2.05, 4.69) is 0 Å². The second-order valence-electron chi connectivity index (χ2n) is 4.70. The zero-order valence-corrected chi connectivity index (χ0v) is 11.4. The van der Waals surface area contributed by atoms with E-state index >= 15 is 0 Å². The first-order valence-corrected chi connectivity index (χ1v) is 6.85. The van der Waals surface area contributed by atoms with Crippen molar-refractivity contribution in [3.8, 4) is 0 Å². The number of β-amino-alcohol motifs (C(OH)–C–C–N with tert-alkyl or cyclic N) is 1. The summed E-state index contributed by atoms with van der Waals surface area (Å²) in [7, 11) is 0. The maximum Gasteiger partial charge on any atom is 0.223 e. The summed E-state index contributed by atoms with van der Waals surface area (Å²) in [5.41, 5.74) is 0.744. The molecule has 0 atom stereocenters. The average molecular weight is 267 g/mol. The second kappa shape index (κ2) is 5.20. The van der Waals surface area contributed by atoms with Crippen molar-refractivity contribution in [2.75, 3.05) is 13.1 Å². The number of carbonyl (C=O) groups is 2. The highest BCUT2D eigenvalue weighted by atomic mass is 32.1. The van der Waals surface area contributed by atoms with Gasteiger partial charge < -0.3 is 10.0 Å². The van der Waals surface area contributed by atoms with Crippen LogP contribution in [0.15, 0.2) is 6.07 Å². The Kier molecular flexibility index (Phi) is 3.82. The normalized spacial score (nSPS) is 15.6. The largest absolute Gasteiger partial charge is 0.389 e. The summed E-state index contributed by atoms with van der Waals surface area (Å²) < 4.78 is 0. The van der Waals surface area contributed by atoms with E-state index < -0.39 is 0 Å². The van der Waals surface area contributed by atoms with Gasteiger partial charge in [-0.3, -0.25) is 9.59 Å². The molecule has 0 aromatic carbocycles. The SMILES string of the molecule is Cc1cc(C(=O)CCC(=O)N2CC(O)C2)c(C)s1. The number of aliphatic hydroxyl groups excluding tert-OH is 1. The van der Waals surface area contributed by atoms with E-state index in [9.17, 15) is 9.59 Å². The molecular weight excluding hydrogens is 250 g/mol. The number of rotatable bonds is 4. The summed E-state index contributed by atoms with van der Waals surface area (Å²) in [5, 5.41) is 9.10. The molecule has 1 saturated heterocycles. The van der Waals surface area contributed by atoms with E-state index in [1.807, 2.05) is 19.9 Å². The van der Waals surface area contributed by atoms with Crippen LogP contribution in [0.5, 0.6) is 0 Å². The van der Waals surface area contributed by atoms with Crippen LogP contribution in [-0.2, 0) is 4.79 Å². The fourth-order valence-corrected chi connectivity index (χ4v) is 3.02. The van der Waals surface area contributed by atoms with Gasteiger partial charge in [0.25, 0.3) is 0 Å². The molecule has 0 saturated carbocycles. The zero-order valence-electron chi connectivity index (χ0n) is 10.6. The Bertz CT molecular complexity index is 475. The van der Waals surface area contributed by atoms with E-state index in [1.54, 1.807) is 16.2 Å². The monoisotopic (exact) mass is 267 g/mol. The standard InChI is InChI=1S/C13H17NO3S/c1-8-5-11(9(2)18-8)12(16)3-4-13(17)14-6-10(15)7-14/h5,10,15H,3-4,6-7H2,1-2H3. The van der Waals surface area contributed by atoms with Crippen molar-refractivity contribution in [3.05, 3.63) is 21.4 Å². The van der Waals surface area contributed by atoms with Gasteiger partial charge >= 0.3 is 0 Å². The molecule has 0 radical (unpaired) electrons. The number of hydrogen-bond acceptors (Lipinski definition) is 4. The lowest BCUT2D eigenvalue weighted by atomic mass is 10.1. The predicted octanol–water partition coefficient (Wildman–Crippen LogP) is 1.53. The molecule has 1 N–H and O–H groups in total. The molecule has 1 aromatic heterocycles. The Morgan fingerprint density at radius 1 is 1.39 bits per heavy atom. The molecule has 2 heterocycles. The lowest BCUT2D eigenvalue weighted by Crippen LogP contribution is -2.53. The lowest BCUT2D eigenvalue weighted by Gasteiger charge is -2.35. The van der Waals surface area contributed by atoms with E-state index in [0.717, 1.165) is 15.3 Å². The Morgan fingerprint density at radius 3 is 2.56 bits per heavy atom. The highest BCUT2D eigenvalue weighted by Gasteiger charge is 2.28. The Balaban J connectivity index is 1.85. The maximum absolute atomic E-state index is 12.0. The van der Waals surface area contributed by atoms with Crippen molar-refractivity contribution < 1.29 is 14.7 Å². The van der Waals surface area contributed by atoms with Gasteiger partial charge in [0.05, 0.1) is 6.10 Å². The molecular formula is C13H17NO3S. The Morgan fingerprint density at radius 2 is 2.06 bits per heavy atom. The minimum atomic E-state index is -0.383. The van der Waals surface area contributed by atoms with Crippen molar-refractivity contribution in [2.45, 2.75) is 32.8 Å². The van der Waals surface area contributed by atoms with Gasteiger partial charge in [-0.05, 0) is 19.9 Å². The molecule has 1 aliphatic heterocycles. The van der Waals surface area contributed by atoms with Gasteiger partial charge in [-0.2, -0.15) is 0 Å². The third-order valence-electron chi connectivity index (χ3n) is 3.12. The van der Waals surface area contributed by atoms with Gasteiger partial charge in [-0.15, -0.1) is 11.3 Å². The maximum atomic E-state index is 12.0. The Labute approximate surface area is 110 Å². The van der Waals surface area contributed by atoms with Crippen LogP contribution < -0.4 is 0 Å². The van der Waals surface area contributed by atoms with Gasteiger partial charge in [-0.1, -0.05) is 0 Å². The first-order valence-electron chi connectivity index (χ1n) is 6.03. The van der Waals surface area contributed by atoms with Crippen molar-refractivity contribution >= 4 is 23.0 Å². The molecule has 5 heteroatoms. The molecule has 1 aromatic rings. The van der Waals surface area contributed by atoms with E-state index in [4.69, 9.17) is 5.11 Å². The van der Waals surface area contributed by atoms with Crippen molar-refractivity contribution in [1.29, 1.82) is 0 Å². The fraction of sp³-hybridized carbons (Fsp3) is 0.538. The molecule has 4 nitrogen and oxygen atoms in total. The molecule has 0 spiro atoms. The molecule has 0 aliphatic carbocycles. The number of nitrogens with zero attached hydrogens (tertiary/aromatic N) is 1. The first-order chi connectivity index (χ1) is 8.47. The summed E-state index contributed by atoms with van der Waals surface area (Å²) in [6.07, 6.45) is 0.105. The van der Waals surface area contributed by atoms with Crippen LogP contribution in [0.4, 0.5) is 0 Å². The molecule has 18 heavy (non-hydrogen) atoms. The van der Waals surface area contributed by atoms with Gasteiger partial charge in [0.15, 0.2) is 5.78 Å². The topological polar surface area (TPSA) is 57.6 Å². The number of aliphatic hydroxyl groups is 1. The zero-order chi connectivity index (χ0) is 13.3. The number of thiophene rings is 1. The predicted molar refractivity (Wildman–Crippen MR) is 69.9 cm³/mol. The van der Waals surface area contributed by atoms with E-state index in [-0.39, 0.29) is 30.6 Å². The van der Waals surface area contributed by atoms with Crippen molar-refractivity contribution in [2.24, 2.45) is 0 Å². The van der Waals surface area contributed by atoms with Gasteiger partial charge in [0.1, 0.15) is 0 Å². The van der Waals surface area contributed by atoms with E-state index in [1.165, 1.54) is 0 Å². The number of aryl methyl sites for hydroxylation is 2. The molecule has 0 bridgehead atoms. The van der Waals surface area contributed by atoms with Gasteiger partial charge in [0, 0.05) is 41.2 Å². The van der Waals surface area contributed by atoms with E-state index in [0.29, 0.717) is 13.1 Å². The van der Waals surface area contributed by atoms with Crippen LogP contribution in [0.2, 0.25) is 0 Å². The summed E-state index contributed by atoms with van der Waals surface area (Å²) >= 11 is 1.60. The summed E-state index contributed by atoms with van der Waals surface area (Å²) in [6, 6.07) is 1.89. The van der Waals surface area contributed by atoms with Crippen LogP contribution in [0.3, 0.4) is 0 Å². The second-order valence-corrected chi connectivity index (χ2v) is 6.16. The lowest BCUT2D eigenvalue weighted by molar-refractivity contribution is -0.141. The number of likely N-dealkylation sites (tertiary alicyclic amines) is 1. The minimum absolute atomic E-state index is 0.0336. The van der Waals surface area contributed by atoms with Gasteiger partial charge in [0.2, 0.25) is 5.91 Å². The van der Waals surface area contributed by atoms with Crippen LogP contribution >= 0.6 is 11.3 Å². The molecule has 0 unspecified atom stereocenters. The fourth-order valence-electron chi connectivity index (χ4n) is 2.08. The van der Waals surface area contributed by atoms with Crippen LogP contribution in [0.1, 0.15) is 33.0 Å². The third-order valence-corrected chi connectivity index (χ3v) is 4.09. The molecule has 1 amide bonds. The summed E-state index contributed by atoms with van der Waals surface area (Å²) in [4.78, 5) is 27.3. The number of hydrogen-bond donors (Lipinski definition) is 1. The molecule has 2 rings (SSSR count). The Hall–Kier alpha value is -1.20. The molecule has 1 fully saturated rings. The first kappa shape index (κ1) is 13.2. The molecule has 98 valence electrons. The average Bonchev–Trinajstić information content (AvgIpc) is 2.60. The number of carbonyl (C=O) groups excluding carboxylic acids is 2. The highest BCUT2D eigenvalue weighted by Crippen LogP contribution is 2.22. The van der Waals surface area contributed by atoms with Crippen molar-refractivity contribution in [1.82, 2.24) is 4.90 Å².